The van der Waals surface area contributed by atoms with Crippen LogP contribution in [0.2, 0.25) is 0 Å². The zero-order valence-corrected chi connectivity index (χ0v) is 12.6. The van der Waals surface area contributed by atoms with Crippen LogP contribution in [0.5, 0.6) is 0 Å². The molecule has 4 nitrogen and oxygen atoms in total. The Morgan fingerprint density at radius 1 is 1.19 bits per heavy atom. The maximum absolute atomic E-state index is 12.7. The standard InChI is InChI=1S/C17H22N2O2/c1-11(2)7-15-17(21)19(10-16(20)18-15)14-8-12-5-3-4-6-13(12)9-14/h3-6,11,14-15H,7-10H2,1-2H3,(H,18,20). The van der Waals surface area contributed by atoms with Gasteiger partial charge in [-0.05, 0) is 36.3 Å². The second-order valence-corrected chi connectivity index (χ2v) is 6.55. The first-order valence-electron chi connectivity index (χ1n) is 7.71. The molecule has 1 heterocycles. The number of fused-ring (bicyclic) bond motifs is 1. The van der Waals surface area contributed by atoms with E-state index in [2.05, 4.69) is 31.3 Å². The van der Waals surface area contributed by atoms with E-state index in [9.17, 15) is 9.59 Å². The molecule has 0 saturated carbocycles. The fraction of sp³-hybridized carbons (Fsp3) is 0.529. The summed E-state index contributed by atoms with van der Waals surface area (Å²) in [4.78, 5) is 26.4. The summed E-state index contributed by atoms with van der Waals surface area (Å²) in [5, 5.41) is 2.84. The largest absolute Gasteiger partial charge is 0.343 e. The molecule has 4 heteroatoms. The molecule has 21 heavy (non-hydrogen) atoms. The fourth-order valence-corrected chi connectivity index (χ4v) is 3.43. The molecule has 1 aliphatic heterocycles. The van der Waals surface area contributed by atoms with E-state index < -0.39 is 0 Å². The Morgan fingerprint density at radius 3 is 2.38 bits per heavy atom. The lowest BCUT2D eigenvalue weighted by Gasteiger charge is -2.37. The first kappa shape index (κ1) is 14.1. The third-order valence-corrected chi connectivity index (χ3v) is 4.41. The molecule has 1 aliphatic carbocycles. The molecule has 1 saturated heterocycles. The van der Waals surface area contributed by atoms with Crippen LogP contribution in [-0.2, 0) is 22.4 Å². The third-order valence-electron chi connectivity index (χ3n) is 4.41. The molecular weight excluding hydrogens is 264 g/mol. The number of hydrogen-bond acceptors (Lipinski definition) is 2. The van der Waals surface area contributed by atoms with E-state index in [-0.39, 0.29) is 30.4 Å². The van der Waals surface area contributed by atoms with Crippen molar-refractivity contribution in [2.24, 2.45) is 5.92 Å². The number of nitrogens with zero attached hydrogens (tertiary/aromatic N) is 1. The minimum atomic E-state index is -0.352. The highest BCUT2D eigenvalue weighted by Crippen LogP contribution is 2.27. The number of rotatable bonds is 3. The SMILES string of the molecule is CC(C)CC1NC(=O)CN(C2Cc3ccccc3C2)C1=O. The second kappa shape index (κ2) is 5.51. The third kappa shape index (κ3) is 2.80. The number of piperazine rings is 1. The minimum Gasteiger partial charge on any atom is -0.343 e. The van der Waals surface area contributed by atoms with Crippen LogP contribution in [0.1, 0.15) is 31.4 Å². The maximum Gasteiger partial charge on any atom is 0.245 e. The Labute approximate surface area is 125 Å². The van der Waals surface area contributed by atoms with Crippen molar-refractivity contribution in [1.29, 1.82) is 0 Å². The summed E-state index contributed by atoms with van der Waals surface area (Å²) in [6.45, 7) is 4.35. The van der Waals surface area contributed by atoms with Crippen molar-refractivity contribution in [2.45, 2.75) is 45.2 Å². The van der Waals surface area contributed by atoms with Crippen LogP contribution in [0.15, 0.2) is 24.3 Å². The van der Waals surface area contributed by atoms with Gasteiger partial charge in [0.2, 0.25) is 11.8 Å². The number of nitrogens with one attached hydrogen (secondary N) is 1. The van der Waals surface area contributed by atoms with E-state index in [4.69, 9.17) is 0 Å². The first-order chi connectivity index (χ1) is 10.0. The predicted octanol–water partition coefficient (Wildman–Crippen LogP) is 1.53. The van der Waals surface area contributed by atoms with Gasteiger partial charge < -0.3 is 10.2 Å². The first-order valence-corrected chi connectivity index (χ1v) is 7.71. The zero-order valence-electron chi connectivity index (χ0n) is 12.6. The fourth-order valence-electron chi connectivity index (χ4n) is 3.43. The summed E-state index contributed by atoms with van der Waals surface area (Å²) in [5.41, 5.74) is 2.61. The quantitative estimate of drug-likeness (QED) is 0.916. The van der Waals surface area contributed by atoms with E-state index in [1.807, 2.05) is 12.1 Å². The molecule has 0 spiro atoms. The zero-order chi connectivity index (χ0) is 15.0. The number of carbonyl (C=O) groups excluding carboxylic acids is 2. The lowest BCUT2D eigenvalue weighted by Crippen LogP contribution is -2.61. The Kier molecular flexibility index (Phi) is 3.70. The Morgan fingerprint density at radius 2 is 1.81 bits per heavy atom. The minimum absolute atomic E-state index is 0.0313. The molecule has 2 amide bonds. The molecule has 1 unspecified atom stereocenters. The summed E-state index contributed by atoms with van der Waals surface area (Å²) in [6.07, 6.45) is 2.44. The Hall–Kier alpha value is -1.84. The van der Waals surface area contributed by atoms with Gasteiger partial charge in [-0.2, -0.15) is 0 Å². The van der Waals surface area contributed by atoms with Gasteiger partial charge in [0.05, 0.1) is 6.54 Å². The monoisotopic (exact) mass is 286 g/mol. The van der Waals surface area contributed by atoms with Gasteiger partial charge in [-0.15, -0.1) is 0 Å². The van der Waals surface area contributed by atoms with Crippen LogP contribution < -0.4 is 5.32 Å². The lowest BCUT2D eigenvalue weighted by molar-refractivity contribution is -0.146. The summed E-state index contributed by atoms with van der Waals surface area (Å²) < 4.78 is 0. The lowest BCUT2D eigenvalue weighted by atomic mass is 9.99. The molecular formula is C17H22N2O2. The van der Waals surface area contributed by atoms with Crippen molar-refractivity contribution >= 4 is 11.8 Å². The van der Waals surface area contributed by atoms with Crippen molar-refractivity contribution in [3.05, 3.63) is 35.4 Å². The van der Waals surface area contributed by atoms with Crippen LogP contribution in [0.3, 0.4) is 0 Å². The molecule has 1 N–H and O–H groups in total. The van der Waals surface area contributed by atoms with Crippen LogP contribution in [-0.4, -0.2) is 35.3 Å². The van der Waals surface area contributed by atoms with Gasteiger partial charge in [-0.1, -0.05) is 38.1 Å². The highest BCUT2D eigenvalue weighted by molar-refractivity contribution is 5.95. The number of benzene rings is 1. The van der Waals surface area contributed by atoms with Crippen LogP contribution in [0.4, 0.5) is 0 Å². The smallest absolute Gasteiger partial charge is 0.245 e. The topological polar surface area (TPSA) is 49.4 Å². The van der Waals surface area contributed by atoms with Crippen LogP contribution in [0.25, 0.3) is 0 Å². The molecule has 0 radical (unpaired) electrons. The van der Waals surface area contributed by atoms with Crippen molar-refractivity contribution in [2.75, 3.05) is 6.54 Å². The van der Waals surface area contributed by atoms with E-state index in [0.29, 0.717) is 12.3 Å². The van der Waals surface area contributed by atoms with Crippen molar-refractivity contribution in [3.8, 4) is 0 Å². The molecule has 2 aliphatic rings. The normalized spacial score (nSPS) is 22.6. The van der Waals surface area contributed by atoms with E-state index >= 15 is 0 Å². The number of amides is 2. The van der Waals surface area contributed by atoms with Crippen LogP contribution in [0, 0.1) is 5.92 Å². The Balaban J connectivity index is 1.76. The van der Waals surface area contributed by atoms with Crippen LogP contribution >= 0.6 is 0 Å². The highest BCUT2D eigenvalue weighted by atomic mass is 16.2. The Bertz CT molecular complexity index is 543. The molecule has 1 atom stereocenters. The summed E-state index contributed by atoms with van der Waals surface area (Å²) in [7, 11) is 0. The predicted molar refractivity (Wildman–Crippen MR) is 80.7 cm³/mol. The molecule has 1 aromatic rings. The van der Waals surface area contributed by atoms with Gasteiger partial charge in [-0.3, -0.25) is 9.59 Å². The highest BCUT2D eigenvalue weighted by Gasteiger charge is 2.38. The van der Waals surface area contributed by atoms with Gasteiger partial charge in [-0.25, -0.2) is 0 Å². The van der Waals surface area contributed by atoms with E-state index in [1.54, 1.807) is 4.90 Å². The van der Waals surface area contributed by atoms with Crippen molar-refractivity contribution in [1.82, 2.24) is 10.2 Å². The van der Waals surface area contributed by atoms with Gasteiger partial charge in [0.25, 0.3) is 0 Å². The van der Waals surface area contributed by atoms with E-state index in [0.717, 1.165) is 12.8 Å². The summed E-state index contributed by atoms with van der Waals surface area (Å²) in [6, 6.07) is 8.09. The summed E-state index contributed by atoms with van der Waals surface area (Å²) in [5.74, 6) is 0.442. The molecule has 1 fully saturated rings. The van der Waals surface area contributed by atoms with Crippen molar-refractivity contribution in [3.63, 3.8) is 0 Å². The summed E-state index contributed by atoms with van der Waals surface area (Å²) >= 11 is 0. The second-order valence-electron chi connectivity index (χ2n) is 6.55. The molecule has 1 aromatic carbocycles. The van der Waals surface area contributed by atoms with Gasteiger partial charge >= 0.3 is 0 Å². The van der Waals surface area contributed by atoms with E-state index in [1.165, 1.54) is 11.1 Å². The molecule has 3 rings (SSSR count). The molecule has 112 valence electrons. The van der Waals surface area contributed by atoms with Gasteiger partial charge in [0.15, 0.2) is 0 Å². The molecule has 0 bridgehead atoms. The number of carbonyl (C=O) groups is 2. The van der Waals surface area contributed by atoms with Gasteiger partial charge in [0, 0.05) is 6.04 Å². The molecule has 0 aromatic heterocycles. The maximum atomic E-state index is 12.7. The van der Waals surface area contributed by atoms with Gasteiger partial charge in [0.1, 0.15) is 6.04 Å². The number of hydrogen-bond donors (Lipinski definition) is 1. The average molecular weight is 286 g/mol. The average Bonchev–Trinajstić information content (AvgIpc) is 2.85. The van der Waals surface area contributed by atoms with Crippen molar-refractivity contribution < 1.29 is 9.59 Å².